The quantitative estimate of drug-likeness (QED) is 0.871. The molecule has 1 aromatic rings. The van der Waals surface area contributed by atoms with Crippen LogP contribution < -0.4 is 5.32 Å². The van der Waals surface area contributed by atoms with E-state index in [-0.39, 0.29) is 0 Å². The van der Waals surface area contributed by atoms with Crippen molar-refractivity contribution in [1.82, 2.24) is 14.9 Å². The Morgan fingerprint density at radius 3 is 3.12 bits per heavy atom. The summed E-state index contributed by atoms with van der Waals surface area (Å²) in [7, 11) is 0. The van der Waals surface area contributed by atoms with Gasteiger partial charge in [0.2, 0.25) is 0 Å². The molecular formula is C12H21N3S. The third kappa shape index (κ3) is 3.52. The normalized spacial score (nSPS) is 24.5. The highest BCUT2D eigenvalue weighted by atomic mass is 32.2. The molecule has 0 aromatic carbocycles. The lowest BCUT2D eigenvalue weighted by Gasteiger charge is -2.35. The summed E-state index contributed by atoms with van der Waals surface area (Å²) in [6, 6.07) is 0.678. The zero-order chi connectivity index (χ0) is 11.4. The Morgan fingerprint density at radius 1 is 1.56 bits per heavy atom. The van der Waals surface area contributed by atoms with Crippen molar-refractivity contribution < 1.29 is 0 Å². The van der Waals surface area contributed by atoms with Crippen molar-refractivity contribution in [2.24, 2.45) is 5.41 Å². The standard InChI is InChI=1S/C12H21N3S/c1-12(2)7-11(8-16-9-12)14-4-6-15-5-3-13-10-15/h3,5,10-11,14H,4,6-9H2,1-2H3. The van der Waals surface area contributed by atoms with Crippen LogP contribution >= 0.6 is 11.8 Å². The first-order valence-corrected chi connectivity index (χ1v) is 7.08. The second-order valence-electron chi connectivity index (χ2n) is 5.34. The van der Waals surface area contributed by atoms with Crippen LogP contribution in [0.2, 0.25) is 0 Å². The van der Waals surface area contributed by atoms with Gasteiger partial charge in [-0.05, 0) is 17.6 Å². The lowest BCUT2D eigenvalue weighted by atomic mass is 9.88. The Morgan fingerprint density at radius 2 is 2.44 bits per heavy atom. The summed E-state index contributed by atoms with van der Waals surface area (Å²) in [4.78, 5) is 4.04. The molecule has 0 aliphatic carbocycles. The first-order chi connectivity index (χ1) is 7.66. The molecule has 0 radical (unpaired) electrons. The van der Waals surface area contributed by atoms with Gasteiger partial charge in [-0.25, -0.2) is 4.98 Å². The Balaban J connectivity index is 1.70. The second-order valence-corrected chi connectivity index (χ2v) is 6.37. The van der Waals surface area contributed by atoms with Gasteiger partial charge in [-0.1, -0.05) is 13.8 Å². The van der Waals surface area contributed by atoms with Crippen LogP contribution in [0.3, 0.4) is 0 Å². The van der Waals surface area contributed by atoms with E-state index in [0.717, 1.165) is 13.1 Å². The molecule has 16 heavy (non-hydrogen) atoms. The average Bonchev–Trinajstić information content (AvgIpc) is 2.69. The second kappa shape index (κ2) is 5.23. The molecule has 2 rings (SSSR count). The van der Waals surface area contributed by atoms with Crippen LogP contribution in [0.5, 0.6) is 0 Å². The monoisotopic (exact) mass is 239 g/mol. The number of imidazole rings is 1. The van der Waals surface area contributed by atoms with Crippen LogP contribution in [-0.2, 0) is 6.54 Å². The molecule has 1 unspecified atom stereocenters. The molecule has 4 heteroatoms. The summed E-state index contributed by atoms with van der Waals surface area (Å²) in [6.45, 7) is 6.78. The molecule has 1 atom stereocenters. The number of hydrogen-bond acceptors (Lipinski definition) is 3. The van der Waals surface area contributed by atoms with Crippen molar-refractivity contribution in [3.63, 3.8) is 0 Å². The molecule has 0 bridgehead atoms. The van der Waals surface area contributed by atoms with Gasteiger partial charge in [-0.15, -0.1) is 0 Å². The van der Waals surface area contributed by atoms with Crippen LogP contribution in [0.4, 0.5) is 0 Å². The minimum atomic E-state index is 0.496. The van der Waals surface area contributed by atoms with Gasteiger partial charge in [0.1, 0.15) is 0 Å². The minimum Gasteiger partial charge on any atom is -0.336 e. The van der Waals surface area contributed by atoms with Crippen LogP contribution in [-0.4, -0.2) is 33.6 Å². The highest BCUT2D eigenvalue weighted by Crippen LogP contribution is 2.33. The van der Waals surface area contributed by atoms with Gasteiger partial charge < -0.3 is 9.88 Å². The number of rotatable bonds is 4. The predicted molar refractivity (Wildman–Crippen MR) is 69.7 cm³/mol. The first-order valence-electron chi connectivity index (χ1n) is 5.93. The topological polar surface area (TPSA) is 29.9 Å². The maximum absolute atomic E-state index is 4.04. The lowest BCUT2D eigenvalue weighted by Crippen LogP contribution is -2.41. The molecule has 90 valence electrons. The van der Waals surface area contributed by atoms with E-state index >= 15 is 0 Å². The summed E-state index contributed by atoms with van der Waals surface area (Å²) in [5.41, 5.74) is 0.496. The zero-order valence-corrected chi connectivity index (χ0v) is 11.0. The molecule has 1 fully saturated rings. The van der Waals surface area contributed by atoms with Gasteiger partial charge in [0.05, 0.1) is 6.33 Å². The summed E-state index contributed by atoms with van der Waals surface area (Å²) < 4.78 is 2.12. The summed E-state index contributed by atoms with van der Waals surface area (Å²) >= 11 is 2.08. The van der Waals surface area contributed by atoms with E-state index in [1.54, 1.807) is 0 Å². The fourth-order valence-electron chi connectivity index (χ4n) is 2.21. The SMILES string of the molecule is CC1(C)CSCC(NCCn2ccnc2)C1. The third-order valence-electron chi connectivity index (χ3n) is 2.97. The molecule has 0 amide bonds. The van der Waals surface area contributed by atoms with Crippen LogP contribution in [0.1, 0.15) is 20.3 Å². The van der Waals surface area contributed by atoms with Gasteiger partial charge in [0, 0.05) is 37.3 Å². The molecule has 0 saturated carbocycles. The average molecular weight is 239 g/mol. The van der Waals surface area contributed by atoms with E-state index in [1.807, 2.05) is 18.7 Å². The predicted octanol–water partition coefficient (Wildman–Crippen LogP) is 2.00. The number of hydrogen-bond donors (Lipinski definition) is 1. The fraction of sp³-hybridized carbons (Fsp3) is 0.750. The largest absolute Gasteiger partial charge is 0.336 e. The van der Waals surface area contributed by atoms with E-state index in [2.05, 4.69) is 40.5 Å². The van der Waals surface area contributed by atoms with Gasteiger partial charge >= 0.3 is 0 Å². The molecule has 1 aromatic heterocycles. The van der Waals surface area contributed by atoms with Crippen molar-refractivity contribution in [2.45, 2.75) is 32.9 Å². The Labute approximate surface area is 102 Å². The van der Waals surface area contributed by atoms with E-state index in [9.17, 15) is 0 Å². The smallest absolute Gasteiger partial charge is 0.0946 e. The molecule has 1 N–H and O–H groups in total. The Bertz CT molecular complexity index is 308. The van der Waals surface area contributed by atoms with E-state index < -0.39 is 0 Å². The molecule has 1 saturated heterocycles. The van der Waals surface area contributed by atoms with Crippen LogP contribution in [0.25, 0.3) is 0 Å². The highest BCUT2D eigenvalue weighted by Gasteiger charge is 2.27. The van der Waals surface area contributed by atoms with E-state index in [4.69, 9.17) is 0 Å². The number of nitrogens with one attached hydrogen (secondary N) is 1. The minimum absolute atomic E-state index is 0.496. The Hall–Kier alpha value is -0.480. The lowest BCUT2D eigenvalue weighted by molar-refractivity contribution is 0.316. The molecule has 2 heterocycles. The number of nitrogens with zero attached hydrogens (tertiary/aromatic N) is 2. The van der Waals surface area contributed by atoms with Crippen molar-refractivity contribution in [2.75, 3.05) is 18.1 Å². The molecule has 0 spiro atoms. The maximum atomic E-state index is 4.04. The first kappa shape index (κ1) is 12.0. The van der Waals surface area contributed by atoms with Crippen LogP contribution in [0, 0.1) is 5.41 Å². The Kier molecular flexibility index (Phi) is 3.92. The highest BCUT2D eigenvalue weighted by molar-refractivity contribution is 7.99. The summed E-state index contributed by atoms with van der Waals surface area (Å²) in [5.74, 6) is 2.56. The molecule has 1 aliphatic heterocycles. The van der Waals surface area contributed by atoms with Gasteiger partial charge in [0.25, 0.3) is 0 Å². The van der Waals surface area contributed by atoms with Crippen molar-refractivity contribution >= 4 is 11.8 Å². The van der Waals surface area contributed by atoms with E-state index in [0.29, 0.717) is 11.5 Å². The number of thioether (sulfide) groups is 1. The summed E-state index contributed by atoms with van der Waals surface area (Å²) in [5, 5.41) is 3.65. The van der Waals surface area contributed by atoms with Gasteiger partial charge in [0.15, 0.2) is 0 Å². The van der Waals surface area contributed by atoms with Crippen molar-refractivity contribution in [1.29, 1.82) is 0 Å². The van der Waals surface area contributed by atoms with Gasteiger partial charge in [-0.2, -0.15) is 11.8 Å². The zero-order valence-electron chi connectivity index (χ0n) is 10.1. The third-order valence-corrected chi connectivity index (χ3v) is 4.60. The molecular weight excluding hydrogens is 218 g/mol. The maximum Gasteiger partial charge on any atom is 0.0946 e. The van der Waals surface area contributed by atoms with E-state index in [1.165, 1.54) is 17.9 Å². The molecule has 3 nitrogen and oxygen atoms in total. The van der Waals surface area contributed by atoms with Crippen molar-refractivity contribution in [3.05, 3.63) is 18.7 Å². The van der Waals surface area contributed by atoms with Crippen LogP contribution in [0.15, 0.2) is 18.7 Å². The molecule has 1 aliphatic rings. The van der Waals surface area contributed by atoms with Crippen molar-refractivity contribution in [3.8, 4) is 0 Å². The van der Waals surface area contributed by atoms with Gasteiger partial charge in [-0.3, -0.25) is 0 Å². The number of aromatic nitrogens is 2. The summed E-state index contributed by atoms with van der Waals surface area (Å²) in [6.07, 6.45) is 7.02. The fourth-order valence-corrected chi connectivity index (χ4v) is 3.52.